The molecule has 5 heteroatoms. The standard InChI is InChI=1S/C15H19ClO4/c1-14(2)8-12(15(3,4)20-14)19-9-5-6-11(16)10(7-9)13(17)18/h5-7,12H,8H2,1-4H3,(H,17,18). The minimum Gasteiger partial charge on any atom is -0.487 e. The van der Waals surface area contributed by atoms with Gasteiger partial charge in [0.25, 0.3) is 0 Å². The topological polar surface area (TPSA) is 55.8 Å². The van der Waals surface area contributed by atoms with Gasteiger partial charge in [-0.1, -0.05) is 11.6 Å². The summed E-state index contributed by atoms with van der Waals surface area (Å²) in [5.74, 6) is -0.575. The molecule has 1 heterocycles. The predicted molar refractivity (Wildman–Crippen MR) is 76.7 cm³/mol. The summed E-state index contributed by atoms with van der Waals surface area (Å²) in [4.78, 5) is 11.1. The van der Waals surface area contributed by atoms with Crippen molar-refractivity contribution < 1.29 is 19.4 Å². The van der Waals surface area contributed by atoms with Gasteiger partial charge in [-0.3, -0.25) is 0 Å². The number of rotatable bonds is 3. The van der Waals surface area contributed by atoms with E-state index in [0.717, 1.165) is 6.42 Å². The van der Waals surface area contributed by atoms with Crippen LogP contribution >= 0.6 is 11.6 Å². The molecule has 4 nitrogen and oxygen atoms in total. The van der Waals surface area contributed by atoms with Gasteiger partial charge < -0.3 is 14.6 Å². The molecule has 110 valence electrons. The summed E-state index contributed by atoms with van der Waals surface area (Å²) in [5, 5.41) is 9.27. The van der Waals surface area contributed by atoms with Crippen molar-refractivity contribution in [3.63, 3.8) is 0 Å². The van der Waals surface area contributed by atoms with Crippen LogP contribution in [0.2, 0.25) is 5.02 Å². The Bertz CT molecular complexity index is 537. The molecule has 0 amide bonds. The molecular weight excluding hydrogens is 280 g/mol. The van der Waals surface area contributed by atoms with Crippen molar-refractivity contribution in [2.24, 2.45) is 0 Å². The summed E-state index contributed by atoms with van der Waals surface area (Å²) in [6, 6.07) is 4.66. The number of ether oxygens (including phenoxy) is 2. The molecule has 0 radical (unpaired) electrons. The molecular formula is C15H19ClO4. The Hall–Kier alpha value is -1.26. The molecule has 1 atom stereocenters. The quantitative estimate of drug-likeness (QED) is 0.923. The Labute approximate surface area is 123 Å². The second-order valence-electron chi connectivity index (χ2n) is 6.22. The number of hydrogen-bond acceptors (Lipinski definition) is 3. The number of aromatic carboxylic acids is 1. The third-order valence-electron chi connectivity index (χ3n) is 3.44. The summed E-state index contributed by atoms with van der Waals surface area (Å²) in [7, 11) is 0. The van der Waals surface area contributed by atoms with E-state index in [2.05, 4.69) is 0 Å². The molecule has 1 aromatic rings. The Balaban J connectivity index is 2.23. The molecule has 1 saturated heterocycles. The molecule has 0 aromatic heterocycles. The van der Waals surface area contributed by atoms with Gasteiger partial charge in [0.05, 0.1) is 16.2 Å². The Kier molecular flexibility index (Phi) is 3.73. The van der Waals surface area contributed by atoms with Crippen molar-refractivity contribution in [3.05, 3.63) is 28.8 Å². The van der Waals surface area contributed by atoms with Crippen LogP contribution in [0, 0.1) is 0 Å². The van der Waals surface area contributed by atoms with Crippen molar-refractivity contribution in [3.8, 4) is 5.75 Å². The third-order valence-corrected chi connectivity index (χ3v) is 3.77. The summed E-state index contributed by atoms with van der Waals surface area (Å²) in [6.45, 7) is 7.98. The first-order valence-corrected chi connectivity index (χ1v) is 6.88. The maximum Gasteiger partial charge on any atom is 0.337 e. The van der Waals surface area contributed by atoms with Crippen LogP contribution < -0.4 is 4.74 Å². The van der Waals surface area contributed by atoms with Gasteiger partial charge in [0.15, 0.2) is 0 Å². The van der Waals surface area contributed by atoms with Crippen LogP contribution in [0.25, 0.3) is 0 Å². The van der Waals surface area contributed by atoms with Crippen LogP contribution in [0.3, 0.4) is 0 Å². The summed E-state index contributed by atoms with van der Waals surface area (Å²) >= 11 is 5.85. The summed E-state index contributed by atoms with van der Waals surface area (Å²) in [6.07, 6.45) is 0.603. The number of carbonyl (C=O) groups is 1. The predicted octanol–water partition coefficient (Wildman–Crippen LogP) is 3.76. The Morgan fingerprint density at radius 1 is 1.40 bits per heavy atom. The van der Waals surface area contributed by atoms with Crippen LogP contribution in [0.5, 0.6) is 5.75 Å². The van der Waals surface area contributed by atoms with E-state index in [1.165, 1.54) is 12.1 Å². The normalized spacial score (nSPS) is 23.6. The first-order valence-electron chi connectivity index (χ1n) is 6.50. The zero-order chi connectivity index (χ0) is 15.1. The lowest BCUT2D eigenvalue weighted by molar-refractivity contribution is -0.0846. The van der Waals surface area contributed by atoms with Crippen LogP contribution in [0.15, 0.2) is 18.2 Å². The van der Waals surface area contributed by atoms with Crippen LogP contribution in [0.1, 0.15) is 44.5 Å². The van der Waals surface area contributed by atoms with Crippen molar-refractivity contribution >= 4 is 17.6 Å². The van der Waals surface area contributed by atoms with Crippen LogP contribution in [0.4, 0.5) is 0 Å². The first-order chi connectivity index (χ1) is 9.11. The fourth-order valence-corrected chi connectivity index (χ4v) is 2.80. The van der Waals surface area contributed by atoms with E-state index in [-0.39, 0.29) is 22.3 Å². The molecule has 1 fully saturated rings. The molecule has 2 rings (SSSR count). The molecule has 0 aliphatic carbocycles. The fourth-order valence-electron chi connectivity index (χ4n) is 2.60. The highest BCUT2D eigenvalue weighted by molar-refractivity contribution is 6.33. The molecule has 1 aromatic carbocycles. The molecule has 20 heavy (non-hydrogen) atoms. The van der Waals surface area contributed by atoms with Crippen LogP contribution in [-0.2, 0) is 4.74 Å². The van der Waals surface area contributed by atoms with E-state index in [1.807, 2.05) is 27.7 Å². The second kappa shape index (κ2) is 4.93. The Morgan fingerprint density at radius 2 is 2.05 bits per heavy atom. The van der Waals surface area contributed by atoms with Crippen molar-refractivity contribution in [1.29, 1.82) is 0 Å². The maximum atomic E-state index is 11.1. The highest BCUT2D eigenvalue weighted by Crippen LogP contribution is 2.39. The van der Waals surface area contributed by atoms with Gasteiger partial charge in [-0.2, -0.15) is 0 Å². The highest BCUT2D eigenvalue weighted by Gasteiger charge is 2.47. The van der Waals surface area contributed by atoms with E-state index in [4.69, 9.17) is 26.2 Å². The number of benzene rings is 1. The fraction of sp³-hybridized carbons (Fsp3) is 0.533. The van der Waals surface area contributed by atoms with Gasteiger partial charge in [-0.05, 0) is 45.9 Å². The van der Waals surface area contributed by atoms with E-state index in [0.29, 0.717) is 5.75 Å². The first kappa shape index (κ1) is 15.1. The molecule has 1 aliphatic heterocycles. The largest absolute Gasteiger partial charge is 0.487 e. The molecule has 1 unspecified atom stereocenters. The van der Waals surface area contributed by atoms with Gasteiger partial charge in [-0.25, -0.2) is 4.79 Å². The minimum atomic E-state index is -1.07. The van der Waals surface area contributed by atoms with E-state index >= 15 is 0 Å². The van der Waals surface area contributed by atoms with Gasteiger partial charge >= 0.3 is 5.97 Å². The average Bonchev–Trinajstić information content (AvgIpc) is 2.49. The lowest BCUT2D eigenvalue weighted by Gasteiger charge is -2.27. The third kappa shape index (κ3) is 3.07. The molecule has 0 saturated carbocycles. The zero-order valence-electron chi connectivity index (χ0n) is 12.1. The van der Waals surface area contributed by atoms with Gasteiger partial charge in [-0.15, -0.1) is 0 Å². The maximum absolute atomic E-state index is 11.1. The monoisotopic (exact) mass is 298 g/mol. The lowest BCUT2D eigenvalue weighted by Crippen LogP contribution is -2.36. The Morgan fingerprint density at radius 3 is 2.55 bits per heavy atom. The number of carboxylic acid groups (broad SMARTS) is 1. The zero-order valence-corrected chi connectivity index (χ0v) is 12.8. The molecule has 0 bridgehead atoms. The van der Waals surface area contributed by atoms with Crippen LogP contribution in [-0.4, -0.2) is 28.4 Å². The van der Waals surface area contributed by atoms with Crippen molar-refractivity contribution in [2.45, 2.75) is 51.4 Å². The average molecular weight is 299 g/mol. The number of halogens is 1. The van der Waals surface area contributed by atoms with Gasteiger partial charge in [0, 0.05) is 6.42 Å². The number of hydrogen-bond donors (Lipinski definition) is 1. The number of carboxylic acids is 1. The molecule has 1 N–H and O–H groups in total. The minimum absolute atomic E-state index is 0.0418. The van der Waals surface area contributed by atoms with E-state index in [1.54, 1.807) is 6.07 Å². The van der Waals surface area contributed by atoms with E-state index < -0.39 is 11.6 Å². The van der Waals surface area contributed by atoms with Gasteiger partial charge in [0.2, 0.25) is 0 Å². The molecule has 1 aliphatic rings. The van der Waals surface area contributed by atoms with Gasteiger partial charge in [0.1, 0.15) is 17.5 Å². The highest BCUT2D eigenvalue weighted by atomic mass is 35.5. The second-order valence-corrected chi connectivity index (χ2v) is 6.63. The lowest BCUT2D eigenvalue weighted by atomic mass is 9.97. The van der Waals surface area contributed by atoms with Crippen molar-refractivity contribution in [2.75, 3.05) is 0 Å². The SMILES string of the molecule is CC1(C)CC(Oc2ccc(Cl)c(C(=O)O)c2)C(C)(C)O1. The van der Waals surface area contributed by atoms with Crippen molar-refractivity contribution in [1.82, 2.24) is 0 Å². The molecule has 0 spiro atoms. The summed E-state index contributed by atoms with van der Waals surface area (Å²) < 4.78 is 11.9. The smallest absolute Gasteiger partial charge is 0.337 e. The van der Waals surface area contributed by atoms with E-state index in [9.17, 15) is 4.79 Å². The summed E-state index contributed by atoms with van der Waals surface area (Å²) in [5.41, 5.74) is -0.636.